The summed E-state index contributed by atoms with van der Waals surface area (Å²) in [5.74, 6) is -0.677. The number of amides is 1. The molecule has 0 aliphatic heterocycles. The number of benzene rings is 2. The molecule has 2 aromatic rings. The van der Waals surface area contributed by atoms with Crippen molar-refractivity contribution < 1.29 is 9.18 Å². The zero-order valence-corrected chi connectivity index (χ0v) is 10.8. The van der Waals surface area contributed by atoms with Crippen molar-refractivity contribution in [3.05, 3.63) is 58.9 Å². The van der Waals surface area contributed by atoms with Crippen molar-refractivity contribution in [2.75, 3.05) is 11.1 Å². The van der Waals surface area contributed by atoms with Crippen LogP contribution in [0, 0.1) is 19.7 Å². The third-order valence-corrected chi connectivity index (χ3v) is 2.95. The Morgan fingerprint density at radius 3 is 2.53 bits per heavy atom. The number of hydrogen-bond acceptors (Lipinski definition) is 2. The Morgan fingerprint density at radius 2 is 1.79 bits per heavy atom. The summed E-state index contributed by atoms with van der Waals surface area (Å²) in [4.78, 5) is 12.2. The lowest BCUT2D eigenvalue weighted by molar-refractivity contribution is 0.102. The summed E-state index contributed by atoms with van der Waals surface area (Å²) in [6.07, 6.45) is 0. The second-order valence-electron chi connectivity index (χ2n) is 4.49. The molecule has 4 heteroatoms. The Morgan fingerprint density at radius 1 is 1.11 bits per heavy atom. The van der Waals surface area contributed by atoms with Gasteiger partial charge in [0, 0.05) is 16.9 Å². The van der Waals surface area contributed by atoms with Gasteiger partial charge in [0.1, 0.15) is 5.82 Å². The normalized spacial score (nSPS) is 10.3. The Balaban J connectivity index is 2.30. The summed E-state index contributed by atoms with van der Waals surface area (Å²) in [5.41, 5.74) is 8.77. The average Bonchev–Trinajstić information content (AvgIpc) is 2.36. The van der Waals surface area contributed by atoms with Gasteiger partial charge in [0.15, 0.2) is 0 Å². The smallest absolute Gasteiger partial charge is 0.256 e. The van der Waals surface area contributed by atoms with Crippen LogP contribution < -0.4 is 11.1 Å². The summed E-state index contributed by atoms with van der Waals surface area (Å²) < 4.78 is 13.2. The molecular weight excluding hydrogens is 243 g/mol. The highest BCUT2D eigenvalue weighted by molar-refractivity contribution is 6.06. The highest BCUT2D eigenvalue weighted by Crippen LogP contribution is 2.19. The van der Waals surface area contributed by atoms with Crippen LogP contribution in [0.3, 0.4) is 0 Å². The lowest BCUT2D eigenvalue weighted by atomic mass is 10.1. The maximum Gasteiger partial charge on any atom is 0.256 e. The summed E-state index contributed by atoms with van der Waals surface area (Å²) in [6.45, 7) is 3.63. The second-order valence-corrected chi connectivity index (χ2v) is 4.49. The number of halogens is 1. The third-order valence-electron chi connectivity index (χ3n) is 2.95. The van der Waals surface area contributed by atoms with E-state index in [1.165, 1.54) is 12.1 Å². The Bertz CT molecular complexity index is 638. The predicted octanol–water partition coefficient (Wildman–Crippen LogP) is 3.28. The Hall–Kier alpha value is -2.36. The number of carbonyl (C=O) groups excluding carboxylic acids is 1. The average molecular weight is 258 g/mol. The molecule has 0 saturated carbocycles. The number of carbonyl (C=O) groups is 1. The first-order valence-corrected chi connectivity index (χ1v) is 5.91. The van der Waals surface area contributed by atoms with Crippen LogP contribution in [0.15, 0.2) is 36.4 Å². The van der Waals surface area contributed by atoms with E-state index in [1.807, 2.05) is 6.92 Å². The van der Waals surface area contributed by atoms with Crippen LogP contribution in [0.4, 0.5) is 15.8 Å². The molecule has 0 aromatic heterocycles. The van der Waals surface area contributed by atoms with Crippen molar-refractivity contribution in [2.45, 2.75) is 13.8 Å². The molecule has 98 valence electrons. The zero-order chi connectivity index (χ0) is 14.0. The van der Waals surface area contributed by atoms with Gasteiger partial charge in [-0.1, -0.05) is 12.1 Å². The molecular formula is C15H15FN2O. The molecule has 0 heterocycles. The number of aryl methyl sites for hydroxylation is 2. The van der Waals surface area contributed by atoms with Gasteiger partial charge in [-0.15, -0.1) is 0 Å². The number of anilines is 2. The molecule has 3 nitrogen and oxygen atoms in total. The first kappa shape index (κ1) is 13.1. The van der Waals surface area contributed by atoms with Crippen molar-refractivity contribution in [3.8, 4) is 0 Å². The van der Waals surface area contributed by atoms with Gasteiger partial charge in [0.05, 0.1) is 0 Å². The summed E-state index contributed by atoms with van der Waals surface area (Å²) in [6, 6.07) is 9.41. The van der Waals surface area contributed by atoms with E-state index in [0.717, 1.165) is 11.1 Å². The SMILES string of the molecule is Cc1ccc(F)cc1NC(=O)c1cc(N)ccc1C. The van der Waals surface area contributed by atoms with Gasteiger partial charge in [-0.2, -0.15) is 0 Å². The van der Waals surface area contributed by atoms with Crippen molar-refractivity contribution in [3.63, 3.8) is 0 Å². The molecule has 0 unspecified atom stereocenters. The monoisotopic (exact) mass is 258 g/mol. The minimum Gasteiger partial charge on any atom is -0.399 e. The van der Waals surface area contributed by atoms with E-state index in [4.69, 9.17) is 5.73 Å². The molecule has 0 bridgehead atoms. The van der Waals surface area contributed by atoms with Crippen LogP contribution in [0.5, 0.6) is 0 Å². The molecule has 0 aliphatic carbocycles. The van der Waals surface area contributed by atoms with Crippen LogP contribution in [0.2, 0.25) is 0 Å². The molecule has 2 rings (SSSR count). The molecule has 0 aliphatic rings. The highest BCUT2D eigenvalue weighted by Gasteiger charge is 2.11. The van der Waals surface area contributed by atoms with Crippen LogP contribution in [0.25, 0.3) is 0 Å². The van der Waals surface area contributed by atoms with E-state index in [1.54, 1.807) is 31.2 Å². The zero-order valence-electron chi connectivity index (χ0n) is 10.8. The molecule has 3 N–H and O–H groups in total. The maximum absolute atomic E-state index is 13.2. The van der Waals surface area contributed by atoms with Crippen molar-refractivity contribution in [1.82, 2.24) is 0 Å². The molecule has 0 atom stereocenters. The van der Waals surface area contributed by atoms with E-state index < -0.39 is 0 Å². The largest absolute Gasteiger partial charge is 0.399 e. The number of nitrogens with one attached hydrogen (secondary N) is 1. The van der Waals surface area contributed by atoms with Crippen molar-refractivity contribution in [1.29, 1.82) is 0 Å². The summed E-state index contributed by atoms with van der Waals surface area (Å²) in [7, 11) is 0. The lowest BCUT2D eigenvalue weighted by Gasteiger charge is -2.10. The molecule has 19 heavy (non-hydrogen) atoms. The van der Waals surface area contributed by atoms with Gasteiger partial charge in [0.2, 0.25) is 0 Å². The molecule has 0 saturated heterocycles. The fourth-order valence-electron chi connectivity index (χ4n) is 1.80. The Labute approximate surface area is 111 Å². The van der Waals surface area contributed by atoms with E-state index in [0.29, 0.717) is 16.9 Å². The van der Waals surface area contributed by atoms with Crippen LogP contribution in [0.1, 0.15) is 21.5 Å². The number of rotatable bonds is 2. The molecule has 2 aromatic carbocycles. The van der Waals surface area contributed by atoms with Gasteiger partial charge in [-0.25, -0.2) is 4.39 Å². The van der Waals surface area contributed by atoms with Crippen LogP contribution in [-0.2, 0) is 0 Å². The summed E-state index contributed by atoms with van der Waals surface area (Å²) in [5, 5.41) is 2.70. The van der Waals surface area contributed by atoms with Gasteiger partial charge in [0.25, 0.3) is 5.91 Å². The van der Waals surface area contributed by atoms with E-state index in [-0.39, 0.29) is 11.7 Å². The first-order chi connectivity index (χ1) is 8.97. The van der Waals surface area contributed by atoms with Gasteiger partial charge < -0.3 is 11.1 Å². The standard InChI is InChI=1S/C15H15FN2O/c1-9-4-6-12(17)8-13(9)15(19)18-14-7-11(16)5-3-10(14)2/h3-8H,17H2,1-2H3,(H,18,19). The topological polar surface area (TPSA) is 55.1 Å². The molecule has 0 radical (unpaired) electrons. The predicted molar refractivity (Wildman–Crippen MR) is 74.7 cm³/mol. The number of nitrogens with two attached hydrogens (primary N) is 1. The maximum atomic E-state index is 13.2. The molecule has 1 amide bonds. The van der Waals surface area contributed by atoms with Crippen LogP contribution in [-0.4, -0.2) is 5.91 Å². The van der Waals surface area contributed by atoms with Crippen molar-refractivity contribution in [2.24, 2.45) is 0 Å². The van der Waals surface area contributed by atoms with Gasteiger partial charge in [-0.05, 0) is 49.2 Å². The van der Waals surface area contributed by atoms with E-state index in [2.05, 4.69) is 5.32 Å². The van der Waals surface area contributed by atoms with E-state index in [9.17, 15) is 9.18 Å². The molecule has 0 fully saturated rings. The fraction of sp³-hybridized carbons (Fsp3) is 0.133. The van der Waals surface area contributed by atoms with Crippen molar-refractivity contribution >= 4 is 17.3 Å². The van der Waals surface area contributed by atoms with Crippen LogP contribution >= 0.6 is 0 Å². The van der Waals surface area contributed by atoms with Gasteiger partial charge in [-0.3, -0.25) is 4.79 Å². The number of hydrogen-bond donors (Lipinski definition) is 2. The number of nitrogen functional groups attached to an aromatic ring is 1. The second kappa shape index (κ2) is 5.10. The summed E-state index contributed by atoms with van der Waals surface area (Å²) >= 11 is 0. The molecule has 0 spiro atoms. The highest BCUT2D eigenvalue weighted by atomic mass is 19.1. The quantitative estimate of drug-likeness (QED) is 0.812. The Kier molecular flexibility index (Phi) is 3.51. The lowest BCUT2D eigenvalue weighted by Crippen LogP contribution is -2.14. The fourth-order valence-corrected chi connectivity index (χ4v) is 1.80. The minimum atomic E-state index is -0.384. The third kappa shape index (κ3) is 2.91. The first-order valence-electron chi connectivity index (χ1n) is 5.91. The van der Waals surface area contributed by atoms with Gasteiger partial charge >= 0.3 is 0 Å². The van der Waals surface area contributed by atoms with E-state index >= 15 is 0 Å². The minimum absolute atomic E-state index is 0.293.